The molecule has 13 aromatic rings. The number of fused-ring (bicyclic) bond motifs is 20. The van der Waals surface area contributed by atoms with Crippen molar-refractivity contribution in [1.82, 2.24) is 0 Å². The molecular formula is C67H40. The second kappa shape index (κ2) is 13.7. The molecule has 0 saturated heterocycles. The Morgan fingerprint density at radius 3 is 1.21 bits per heavy atom. The Morgan fingerprint density at radius 2 is 0.612 bits per heavy atom. The first-order chi connectivity index (χ1) is 33.3. The molecule has 13 aromatic carbocycles. The van der Waals surface area contributed by atoms with E-state index in [1.54, 1.807) is 0 Å². The van der Waals surface area contributed by atoms with Crippen LogP contribution in [0.4, 0.5) is 0 Å². The van der Waals surface area contributed by atoms with Crippen LogP contribution in [-0.4, -0.2) is 0 Å². The zero-order chi connectivity index (χ0) is 43.8. The fraction of sp³-hybridized carbons (Fsp3) is 0.0149. The third kappa shape index (κ3) is 4.86. The van der Waals surface area contributed by atoms with E-state index in [4.69, 9.17) is 0 Å². The molecule has 0 amide bonds. The Morgan fingerprint density at radius 1 is 0.209 bits per heavy atom. The van der Waals surface area contributed by atoms with E-state index in [2.05, 4.69) is 243 Å². The van der Waals surface area contributed by atoms with Crippen LogP contribution in [0.25, 0.3) is 120 Å². The van der Waals surface area contributed by atoms with Crippen molar-refractivity contribution in [1.29, 1.82) is 0 Å². The topological polar surface area (TPSA) is 0 Å². The standard InChI is InChI=1S/C67H40/c1-2-18-44-39-45(38-33-41(44)17-1)63-55-28-10-8-26-53(55)62(54-27-9-11-29-56(54)63)43-36-34-42(35-37-43)58-40-61-64(51-24-6-4-21-48(51)58)65-52-25-7-3-19-46(52)47-20-5-12-30-57(47)66(65)67(61)59-31-15-13-22-49(59)50-23-14-16-32-60(50)67/h1-40H. The van der Waals surface area contributed by atoms with E-state index < -0.39 is 5.41 Å². The van der Waals surface area contributed by atoms with Gasteiger partial charge < -0.3 is 0 Å². The molecule has 0 heterocycles. The molecule has 0 N–H and O–H groups in total. The zero-order valence-electron chi connectivity index (χ0n) is 36.6. The monoisotopic (exact) mass is 844 g/mol. The minimum atomic E-state index is -0.523. The summed E-state index contributed by atoms with van der Waals surface area (Å²) in [4.78, 5) is 0. The fourth-order valence-corrected chi connectivity index (χ4v) is 12.8. The maximum Gasteiger partial charge on any atom is 0.0732 e. The summed E-state index contributed by atoms with van der Waals surface area (Å²) in [7, 11) is 0. The lowest BCUT2D eigenvalue weighted by Gasteiger charge is -2.32. The lowest BCUT2D eigenvalue weighted by molar-refractivity contribution is 0.803. The summed E-state index contributed by atoms with van der Waals surface area (Å²) in [5, 5.41) is 15.4. The van der Waals surface area contributed by atoms with Crippen LogP contribution in [0.5, 0.6) is 0 Å². The van der Waals surface area contributed by atoms with Crippen molar-refractivity contribution in [2.24, 2.45) is 0 Å². The summed E-state index contributed by atoms with van der Waals surface area (Å²) < 4.78 is 0. The zero-order valence-corrected chi connectivity index (χ0v) is 36.6. The van der Waals surface area contributed by atoms with Crippen molar-refractivity contribution in [3.63, 3.8) is 0 Å². The average Bonchev–Trinajstić information content (AvgIpc) is 3.88. The van der Waals surface area contributed by atoms with Gasteiger partial charge in [-0.05, 0) is 155 Å². The van der Waals surface area contributed by atoms with Gasteiger partial charge in [0.15, 0.2) is 0 Å². The van der Waals surface area contributed by atoms with E-state index in [9.17, 15) is 0 Å². The second-order valence-corrected chi connectivity index (χ2v) is 18.6. The van der Waals surface area contributed by atoms with Gasteiger partial charge in [-0.25, -0.2) is 0 Å². The molecule has 67 heavy (non-hydrogen) atoms. The van der Waals surface area contributed by atoms with Crippen molar-refractivity contribution in [3.05, 3.63) is 265 Å². The van der Waals surface area contributed by atoms with Crippen molar-refractivity contribution < 1.29 is 0 Å². The molecule has 0 nitrogen and oxygen atoms in total. The number of hydrogen-bond donors (Lipinski definition) is 0. The molecule has 2 aliphatic carbocycles. The molecule has 0 heteroatoms. The molecule has 0 bridgehead atoms. The van der Waals surface area contributed by atoms with Gasteiger partial charge in [0.05, 0.1) is 5.41 Å². The predicted molar refractivity (Wildman–Crippen MR) is 284 cm³/mol. The molecule has 0 aromatic heterocycles. The maximum atomic E-state index is 2.58. The van der Waals surface area contributed by atoms with E-state index in [-0.39, 0.29) is 0 Å². The van der Waals surface area contributed by atoms with Gasteiger partial charge in [0, 0.05) is 0 Å². The van der Waals surface area contributed by atoms with E-state index in [0.29, 0.717) is 0 Å². The van der Waals surface area contributed by atoms with Crippen LogP contribution < -0.4 is 0 Å². The van der Waals surface area contributed by atoms with Gasteiger partial charge >= 0.3 is 0 Å². The second-order valence-electron chi connectivity index (χ2n) is 18.6. The van der Waals surface area contributed by atoms with Gasteiger partial charge in [0.25, 0.3) is 0 Å². The van der Waals surface area contributed by atoms with Crippen LogP contribution in [0.15, 0.2) is 243 Å². The minimum Gasteiger partial charge on any atom is -0.0619 e. The smallest absolute Gasteiger partial charge is 0.0619 e. The Bertz CT molecular complexity index is 4160. The van der Waals surface area contributed by atoms with Gasteiger partial charge in [0.2, 0.25) is 0 Å². The number of benzene rings is 13. The first-order valence-corrected chi connectivity index (χ1v) is 23.5. The van der Waals surface area contributed by atoms with E-state index in [0.717, 1.165) is 0 Å². The summed E-state index contributed by atoms with van der Waals surface area (Å²) in [6, 6.07) is 91.4. The maximum absolute atomic E-state index is 2.58. The third-order valence-corrected chi connectivity index (χ3v) is 15.4. The Labute approximate surface area is 388 Å². The SMILES string of the molecule is c1ccc2c(c1)-c1ccccc1C21c2cc(-c3ccc(-c4c5ccccc5c(-c5ccc6ccccc6c5)c5ccccc45)cc3)c3ccccc3c2-c2c1c1ccccc1c1ccccc21. The van der Waals surface area contributed by atoms with Crippen molar-refractivity contribution >= 4 is 64.6 Å². The molecule has 0 aliphatic heterocycles. The first kappa shape index (κ1) is 36.7. The van der Waals surface area contributed by atoms with E-state index in [1.807, 2.05) is 0 Å². The molecule has 308 valence electrons. The minimum absolute atomic E-state index is 0.523. The molecule has 0 radical (unpaired) electrons. The van der Waals surface area contributed by atoms with Gasteiger partial charge in [-0.15, -0.1) is 0 Å². The summed E-state index contributed by atoms with van der Waals surface area (Å²) in [5.41, 5.74) is 17.8. The molecular weight excluding hydrogens is 805 g/mol. The van der Waals surface area contributed by atoms with Gasteiger partial charge in [-0.3, -0.25) is 0 Å². The Kier molecular flexibility index (Phi) is 7.52. The summed E-state index contributed by atoms with van der Waals surface area (Å²) >= 11 is 0. The molecule has 1 spiro atoms. The molecule has 2 aliphatic rings. The highest BCUT2D eigenvalue weighted by molar-refractivity contribution is 6.25. The average molecular weight is 845 g/mol. The Balaban J connectivity index is 0.995. The highest BCUT2D eigenvalue weighted by atomic mass is 14.5. The number of hydrogen-bond acceptors (Lipinski definition) is 0. The van der Waals surface area contributed by atoms with Crippen LogP contribution in [0.1, 0.15) is 22.3 Å². The van der Waals surface area contributed by atoms with Crippen molar-refractivity contribution in [2.45, 2.75) is 5.41 Å². The van der Waals surface area contributed by atoms with Crippen LogP contribution in [0, 0.1) is 0 Å². The Hall–Kier alpha value is -8.58. The van der Waals surface area contributed by atoms with Gasteiger partial charge in [0.1, 0.15) is 0 Å². The highest BCUT2D eigenvalue weighted by Crippen LogP contribution is 2.67. The quantitative estimate of drug-likeness (QED) is 0.123. The van der Waals surface area contributed by atoms with Crippen molar-refractivity contribution in [3.8, 4) is 55.6 Å². The predicted octanol–water partition coefficient (Wildman–Crippen LogP) is 18.0. The van der Waals surface area contributed by atoms with E-state index >= 15 is 0 Å². The molecule has 0 unspecified atom stereocenters. The van der Waals surface area contributed by atoms with Crippen LogP contribution >= 0.6 is 0 Å². The fourth-order valence-electron chi connectivity index (χ4n) is 12.8. The normalized spacial score (nSPS) is 13.2. The summed E-state index contributed by atoms with van der Waals surface area (Å²) in [5.74, 6) is 0. The third-order valence-electron chi connectivity index (χ3n) is 15.4. The summed E-state index contributed by atoms with van der Waals surface area (Å²) in [6.45, 7) is 0. The number of rotatable bonds is 3. The molecule has 0 fully saturated rings. The summed E-state index contributed by atoms with van der Waals surface area (Å²) in [6.07, 6.45) is 0. The first-order valence-electron chi connectivity index (χ1n) is 23.5. The van der Waals surface area contributed by atoms with Crippen LogP contribution in [0.3, 0.4) is 0 Å². The molecule has 15 rings (SSSR count). The van der Waals surface area contributed by atoms with Gasteiger partial charge in [-0.1, -0.05) is 231 Å². The van der Waals surface area contributed by atoms with Crippen molar-refractivity contribution in [2.75, 3.05) is 0 Å². The largest absolute Gasteiger partial charge is 0.0732 e. The van der Waals surface area contributed by atoms with Crippen LogP contribution in [-0.2, 0) is 5.41 Å². The highest BCUT2D eigenvalue weighted by Gasteiger charge is 2.53. The van der Waals surface area contributed by atoms with Gasteiger partial charge in [-0.2, -0.15) is 0 Å². The van der Waals surface area contributed by atoms with E-state index in [1.165, 1.54) is 143 Å². The molecule has 0 atom stereocenters. The lowest BCUT2D eigenvalue weighted by Crippen LogP contribution is -2.26. The molecule has 0 saturated carbocycles. The lowest BCUT2D eigenvalue weighted by atomic mass is 9.68. The van der Waals surface area contributed by atoms with Crippen LogP contribution in [0.2, 0.25) is 0 Å².